The average molecular weight is 433 g/mol. The molecule has 0 saturated carbocycles. The predicted molar refractivity (Wildman–Crippen MR) is 104 cm³/mol. The lowest BCUT2D eigenvalue weighted by atomic mass is 10.2. The predicted octanol–water partition coefficient (Wildman–Crippen LogP) is 2.64. The summed E-state index contributed by atoms with van der Waals surface area (Å²) in [5.74, 6) is 0.0976. The SMILES string of the molecule is CCOc1c(Br)cc(C=Nn2c(=O)[nH]c3ccccc3c2=O)cc1[N+](=O)[O-]. The third-order valence-corrected chi connectivity index (χ3v) is 4.23. The Morgan fingerprint density at radius 1 is 1.33 bits per heavy atom. The van der Waals surface area contributed by atoms with Gasteiger partial charge in [-0.1, -0.05) is 12.1 Å². The van der Waals surface area contributed by atoms with Gasteiger partial charge in [0.15, 0.2) is 0 Å². The lowest BCUT2D eigenvalue weighted by Crippen LogP contribution is -2.32. The molecule has 1 heterocycles. The number of halogens is 1. The first-order chi connectivity index (χ1) is 12.9. The van der Waals surface area contributed by atoms with Crippen LogP contribution in [0.4, 0.5) is 5.69 Å². The minimum Gasteiger partial charge on any atom is -0.486 e. The molecule has 0 amide bonds. The van der Waals surface area contributed by atoms with Crippen molar-refractivity contribution in [2.24, 2.45) is 5.10 Å². The standard InChI is InChI=1S/C17H13BrN4O5/c1-2-27-15-12(18)7-10(8-14(15)22(25)26)9-19-21-16(23)11-5-3-4-6-13(11)20-17(21)24/h3-9H,2H2,1H3,(H,20,24). The van der Waals surface area contributed by atoms with E-state index in [-0.39, 0.29) is 18.0 Å². The van der Waals surface area contributed by atoms with Crippen LogP contribution in [0.15, 0.2) is 55.6 Å². The number of nitrogens with one attached hydrogen (secondary N) is 1. The van der Waals surface area contributed by atoms with Gasteiger partial charge in [-0.3, -0.25) is 14.9 Å². The third-order valence-electron chi connectivity index (χ3n) is 3.64. The highest BCUT2D eigenvalue weighted by atomic mass is 79.9. The van der Waals surface area contributed by atoms with Gasteiger partial charge in [-0.15, -0.1) is 4.68 Å². The fourth-order valence-corrected chi connectivity index (χ4v) is 3.06. The topological polar surface area (TPSA) is 120 Å². The van der Waals surface area contributed by atoms with Crippen molar-refractivity contribution < 1.29 is 9.66 Å². The van der Waals surface area contributed by atoms with Crippen molar-refractivity contribution in [1.82, 2.24) is 9.66 Å². The van der Waals surface area contributed by atoms with Crippen LogP contribution in [0.25, 0.3) is 10.9 Å². The number of aromatic amines is 1. The fraction of sp³-hybridized carbons (Fsp3) is 0.118. The molecule has 0 aliphatic rings. The van der Waals surface area contributed by atoms with Gasteiger partial charge >= 0.3 is 11.4 Å². The molecule has 9 nitrogen and oxygen atoms in total. The second kappa shape index (κ2) is 7.54. The molecule has 0 spiro atoms. The first kappa shape index (κ1) is 18.5. The second-order valence-electron chi connectivity index (χ2n) is 5.38. The highest BCUT2D eigenvalue weighted by Crippen LogP contribution is 2.36. The zero-order valence-corrected chi connectivity index (χ0v) is 15.6. The molecule has 0 unspecified atom stereocenters. The van der Waals surface area contributed by atoms with Crippen molar-refractivity contribution in [3.05, 3.63) is 77.4 Å². The Morgan fingerprint density at radius 3 is 2.78 bits per heavy atom. The van der Waals surface area contributed by atoms with Crippen molar-refractivity contribution in [2.75, 3.05) is 6.61 Å². The van der Waals surface area contributed by atoms with Crippen LogP contribution in [0.5, 0.6) is 5.75 Å². The Hall–Kier alpha value is -3.27. The number of fused-ring (bicyclic) bond motifs is 1. The van der Waals surface area contributed by atoms with Crippen LogP contribution in [-0.2, 0) is 0 Å². The number of para-hydroxylation sites is 1. The minimum atomic E-state index is -0.713. The molecule has 1 aromatic heterocycles. The molecule has 138 valence electrons. The van der Waals surface area contributed by atoms with Gasteiger partial charge in [0.2, 0.25) is 5.75 Å². The van der Waals surface area contributed by atoms with Crippen LogP contribution in [-0.4, -0.2) is 27.4 Å². The van der Waals surface area contributed by atoms with E-state index in [1.165, 1.54) is 12.3 Å². The maximum Gasteiger partial charge on any atom is 0.349 e. The smallest absolute Gasteiger partial charge is 0.349 e. The minimum absolute atomic E-state index is 0.0976. The highest BCUT2D eigenvalue weighted by molar-refractivity contribution is 9.10. The molecule has 1 N–H and O–H groups in total. The maximum atomic E-state index is 12.4. The Morgan fingerprint density at radius 2 is 2.07 bits per heavy atom. The van der Waals surface area contributed by atoms with Crippen molar-refractivity contribution in [2.45, 2.75) is 6.92 Å². The lowest BCUT2D eigenvalue weighted by molar-refractivity contribution is -0.385. The molecule has 10 heteroatoms. The molecule has 0 aliphatic carbocycles. The molecule has 0 saturated heterocycles. The largest absolute Gasteiger partial charge is 0.486 e. The molecule has 2 aromatic carbocycles. The summed E-state index contributed by atoms with van der Waals surface area (Å²) in [5.41, 5.74) is -0.845. The van der Waals surface area contributed by atoms with Crippen LogP contribution >= 0.6 is 15.9 Å². The number of ether oxygens (including phenoxy) is 1. The monoisotopic (exact) mass is 432 g/mol. The zero-order chi connectivity index (χ0) is 19.6. The van der Waals surface area contributed by atoms with Crippen molar-refractivity contribution >= 4 is 38.7 Å². The van der Waals surface area contributed by atoms with Gasteiger partial charge in [0.05, 0.1) is 33.1 Å². The summed E-state index contributed by atoms with van der Waals surface area (Å²) in [5, 5.41) is 15.5. The van der Waals surface area contributed by atoms with Gasteiger partial charge in [0, 0.05) is 11.6 Å². The maximum absolute atomic E-state index is 12.4. The average Bonchev–Trinajstić information content (AvgIpc) is 2.63. The Bertz CT molecular complexity index is 1180. The number of hydrogen-bond acceptors (Lipinski definition) is 6. The Labute approximate surface area is 160 Å². The van der Waals surface area contributed by atoms with E-state index in [1.54, 1.807) is 37.3 Å². The Kier molecular flexibility index (Phi) is 5.17. The molecule has 3 aromatic rings. The fourth-order valence-electron chi connectivity index (χ4n) is 2.48. The molecule has 3 rings (SSSR count). The molecule has 27 heavy (non-hydrogen) atoms. The summed E-state index contributed by atoms with van der Waals surface area (Å²) in [6, 6.07) is 9.34. The van der Waals surface area contributed by atoms with E-state index in [1.807, 2.05) is 0 Å². The third kappa shape index (κ3) is 3.65. The first-order valence-electron chi connectivity index (χ1n) is 7.81. The van der Waals surface area contributed by atoms with Crippen LogP contribution < -0.4 is 16.0 Å². The molecule has 0 fully saturated rings. The second-order valence-corrected chi connectivity index (χ2v) is 6.23. The zero-order valence-electron chi connectivity index (χ0n) is 14.0. The number of aromatic nitrogens is 2. The summed E-state index contributed by atoms with van der Waals surface area (Å²) in [6.45, 7) is 1.97. The van der Waals surface area contributed by atoms with Crippen LogP contribution in [0, 0.1) is 10.1 Å². The summed E-state index contributed by atoms with van der Waals surface area (Å²) >= 11 is 3.23. The van der Waals surface area contributed by atoms with Crippen molar-refractivity contribution in [1.29, 1.82) is 0 Å². The summed E-state index contributed by atoms with van der Waals surface area (Å²) in [6.07, 6.45) is 1.19. The summed E-state index contributed by atoms with van der Waals surface area (Å²) in [4.78, 5) is 37.8. The first-order valence-corrected chi connectivity index (χ1v) is 8.61. The molecular weight excluding hydrogens is 420 g/mol. The van der Waals surface area contributed by atoms with E-state index in [4.69, 9.17) is 4.74 Å². The molecule has 0 bridgehead atoms. The normalized spacial score (nSPS) is 11.2. The number of nitro groups is 1. The molecule has 0 radical (unpaired) electrons. The quantitative estimate of drug-likeness (QED) is 0.377. The van der Waals surface area contributed by atoms with Gasteiger partial charge in [0.25, 0.3) is 5.56 Å². The van der Waals surface area contributed by atoms with Gasteiger partial charge in [0.1, 0.15) is 0 Å². The lowest BCUT2D eigenvalue weighted by Gasteiger charge is -2.07. The van der Waals surface area contributed by atoms with E-state index in [0.29, 0.717) is 25.6 Å². The van der Waals surface area contributed by atoms with E-state index in [2.05, 4.69) is 26.0 Å². The van der Waals surface area contributed by atoms with Crippen LogP contribution in [0.2, 0.25) is 0 Å². The van der Waals surface area contributed by atoms with Crippen molar-refractivity contribution in [3.63, 3.8) is 0 Å². The highest BCUT2D eigenvalue weighted by Gasteiger charge is 2.19. The molecule has 0 aliphatic heterocycles. The van der Waals surface area contributed by atoms with Gasteiger partial charge in [-0.2, -0.15) is 5.10 Å². The van der Waals surface area contributed by atoms with Crippen LogP contribution in [0.3, 0.4) is 0 Å². The Balaban J connectivity index is 2.09. The number of H-pyrrole nitrogens is 1. The van der Waals surface area contributed by atoms with Crippen LogP contribution in [0.1, 0.15) is 12.5 Å². The summed E-state index contributed by atoms with van der Waals surface area (Å²) in [7, 11) is 0. The van der Waals surface area contributed by atoms with E-state index in [0.717, 1.165) is 0 Å². The molecule has 0 atom stereocenters. The van der Waals surface area contributed by atoms with Gasteiger partial charge < -0.3 is 9.72 Å². The van der Waals surface area contributed by atoms with E-state index in [9.17, 15) is 19.7 Å². The molecular formula is C17H13BrN4O5. The summed E-state index contributed by atoms with van der Waals surface area (Å²) < 4.78 is 6.32. The number of nitro benzene ring substituents is 1. The number of hydrogen-bond donors (Lipinski definition) is 1. The number of benzene rings is 2. The van der Waals surface area contributed by atoms with Gasteiger partial charge in [-0.05, 0) is 41.1 Å². The number of rotatable bonds is 5. The van der Waals surface area contributed by atoms with Gasteiger partial charge in [-0.25, -0.2) is 4.79 Å². The number of nitrogens with zero attached hydrogens (tertiary/aromatic N) is 3. The van der Waals surface area contributed by atoms with E-state index < -0.39 is 16.2 Å². The van der Waals surface area contributed by atoms with Crippen molar-refractivity contribution in [3.8, 4) is 5.75 Å². The van der Waals surface area contributed by atoms with E-state index >= 15 is 0 Å².